The zero-order chi connectivity index (χ0) is 20.8. The minimum atomic E-state index is -0.0836. The number of rotatable bonds is 7. The van der Waals surface area contributed by atoms with Crippen LogP contribution in [0.5, 0.6) is 0 Å². The highest BCUT2D eigenvalue weighted by atomic mass is 16.2. The maximum atomic E-state index is 13.4. The molecule has 29 heavy (non-hydrogen) atoms. The third kappa shape index (κ3) is 4.99. The molecule has 5 nitrogen and oxygen atoms in total. The van der Waals surface area contributed by atoms with Gasteiger partial charge in [0.1, 0.15) is 5.69 Å². The molecule has 3 aromatic rings. The zero-order valence-corrected chi connectivity index (χ0v) is 17.5. The molecule has 1 amide bonds. The second kappa shape index (κ2) is 9.32. The first-order chi connectivity index (χ1) is 14.0. The molecule has 1 heterocycles. The van der Waals surface area contributed by atoms with Crippen molar-refractivity contribution < 1.29 is 4.79 Å². The molecule has 0 saturated heterocycles. The van der Waals surface area contributed by atoms with E-state index in [1.54, 1.807) is 6.07 Å². The quantitative estimate of drug-likeness (QED) is 0.572. The Bertz CT molecular complexity index is 942. The predicted octanol–water partition coefficient (Wildman–Crippen LogP) is 4.99. The molecule has 0 aliphatic rings. The molecule has 0 atom stereocenters. The van der Waals surface area contributed by atoms with E-state index in [0.717, 1.165) is 16.9 Å². The monoisotopic (exact) mass is 388 g/mol. The number of anilines is 2. The molecule has 0 aliphatic heterocycles. The maximum absolute atomic E-state index is 13.4. The molecule has 0 bridgehead atoms. The van der Waals surface area contributed by atoms with Gasteiger partial charge in [0.05, 0.1) is 0 Å². The maximum Gasteiger partial charge on any atom is 0.273 e. The van der Waals surface area contributed by atoms with E-state index >= 15 is 0 Å². The number of hydrogen-bond donors (Lipinski definition) is 0. The molecule has 0 N–H and O–H groups in total. The fourth-order valence-corrected chi connectivity index (χ4v) is 3.25. The van der Waals surface area contributed by atoms with E-state index in [2.05, 4.69) is 16.9 Å². The lowest BCUT2D eigenvalue weighted by Crippen LogP contribution is -2.37. The predicted molar refractivity (Wildman–Crippen MR) is 117 cm³/mol. The second-order valence-electron chi connectivity index (χ2n) is 7.29. The van der Waals surface area contributed by atoms with Crippen LogP contribution in [0.25, 0.3) is 0 Å². The number of aromatic nitrogens is 2. The third-order valence-electron chi connectivity index (χ3n) is 4.77. The average molecular weight is 389 g/mol. The number of hydrogen-bond acceptors (Lipinski definition) is 4. The molecule has 5 heteroatoms. The molecule has 0 radical (unpaired) electrons. The van der Waals surface area contributed by atoms with Crippen molar-refractivity contribution in [2.24, 2.45) is 0 Å². The lowest BCUT2D eigenvalue weighted by molar-refractivity contribution is 0.0684. The largest absolute Gasteiger partial charge is 0.331 e. The van der Waals surface area contributed by atoms with Crippen molar-refractivity contribution in [1.29, 1.82) is 0 Å². The molecule has 150 valence electrons. The van der Waals surface area contributed by atoms with Crippen molar-refractivity contribution >= 4 is 17.5 Å². The number of carbonyl (C=O) groups excluding carboxylic acids is 1. The van der Waals surface area contributed by atoms with E-state index in [9.17, 15) is 4.79 Å². The minimum absolute atomic E-state index is 0.0535. The summed E-state index contributed by atoms with van der Waals surface area (Å²) in [6.07, 6.45) is 0. The fraction of sp³-hybridized carbons (Fsp3) is 0.292. The van der Waals surface area contributed by atoms with Crippen LogP contribution < -0.4 is 4.90 Å². The van der Waals surface area contributed by atoms with Crippen LogP contribution in [0, 0.1) is 6.92 Å². The lowest BCUT2D eigenvalue weighted by atomic mass is 10.1. The van der Waals surface area contributed by atoms with Crippen molar-refractivity contribution in [2.45, 2.75) is 40.3 Å². The van der Waals surface area contributed by atoms with Gasteiger partial charge in [-0.05, 0) is 51.5 Å². The summed E-state index contributed by atoms with van der Waals surface area (Å²) < 4.78 is 0. The van der Waals surface area contributed by atoms with Crippen molar-refractivity contribution in [3.05, 3.63) is 83.7 Å². The molecule has 0 fully saturated rings. The van der Waals surface area contributed by atoms with Crippen molar-refractivity contribution in [3.8, 4) is 0 Å². The molecule has 1 aromatic heterocycles. The van der Waals surface area contributed by atoms with Gasteiger partial charge in [-0.1, -0.05) is 48.5 Å². The van der Waals surface area contributed by atoms with E-state index in [-0.39, 0.29) is 11.9 Å². The van der Waals surface area contributed by atoms with E-state index in [0.29, 0.717) is 24.7 Å². The van der Waals surface area contributed by atoms with Gasteiger partial charge < -0.3 is 9.80 Å². The number of amides is 1. The van der Waals surface area contributed by atoms with Gasteiger partial charge in [-0.2, -0.15) is 0 Å². The van der Waals surface area contributed by atoms with Gasteiger partial charge in [-0.15, -0.1) is 0 Å². The van der Waals surface area contributed by atoms with Gasteiger partial charge in [-0.3, -0.25) is 4.79 Å². The Morgan fingerprint density at radius 1 is 0.966 bits per heavy atom. The number of nitrogens with zero attached hydrogens (tertiary/aromatic N) is 4. The van der Waals surface area contributed by atoms with Gasteiger partial charge in [0.25, 0.3) is 5.91 Å². The molecular weight excluding hydrogens is 360 g/mol. The molecule has 0 unspecified atom stereocenters. The first-order valence-corrected chi connectivity index (χ1v) is 10.0. The SMILES string of the molecule is CCN(c1ccccc1)c1nc(C)cc(C(=O)N(Cc2ccccc2)C(C)C)n1. The number of benzene rings is 2. The fourth-order valence-electron chi connectivity index (χ4n) is 3.25. The standard InChI is InChI=1S/C24H28N4O/c1-5-27(21-14-10-7-11-15-21)24-25-19(4)16-22(26-24)23(29)28(18(2)3)17-20-12-8-6-9-13-20/h6-16,18H,5,17H2,1-4H3. The topological polar surface area (TPSA) is 49.3 Å². The van der Waals surface area contributed by atoms with E-state index in [1.165, 1.54) is 0 Å². The van der Waals surface area contributed by atoms with Crippen LogP contribution in [0.3, 0.4) is 0 Å². The summed E-state index contributed by atoms with van der Waals surface area (Å²) in [4.78, 5) is 26.5. The third-order valence-corrected chi connectivity index (χ3v) is 4.77. The highest BCUT2D eigenvalue weighted by Crippen LogP contribution is 2.23. The smallest absolute Gasteiger partial charge is 0.273 e. The van der Waals surface area contributed by atoms with Crippen molar-refractivity contribution in [3.63, 3.8) is 0 Å². The number of aryl methyl sites for hydroxylation is 1. The van der Waals surface area contributed by atoms with Crippen LogP contribution in [-0.4, -0.2) is 33.4 Å². The minimum Gasteiger partial charge on any atom is -0.331 e. The lowest BCUT2D eigenvalue weighted by Gasteiger charge is -2.27. The van der Waals surface area contributed by atoms with E-state index in [4.69, 9.17) is 0 Å². The summed E-state index contributed by atoms with van der Waals surface area (Å²) in [6, 6.07) is 21.8. The van der Waals surface area contributed by atoms with Gasteiger partial charge in [0, 0.05) is 30.5 Å². The van der Waals surface area contributed by atoms with Crippen LogP contribution in [0.1, 0.15) is 42.5 Å². The first-order valence-electron chi connectivity index (χ1n) is 10.0. The van der Waals surface area contributed by atoms with E-state index in [1.807, 2.05) is 91.2 Å². The average Bonchev–Trinajstić information content (AvgIpc) is 2.73. The van der Waals surface area contributed by atoms with E-state index < -0.39 is 0 Å². The van der Waals surface area contributed by atoms with Gasteiger partial charge in [0.15, 0.2) is 0 Å². The summed E-state index contributed by atoms with van der Waals surface area (Å²) in [6.45, 7) is 9.26. The summed E-state index contributed by atoms with van der Waals surface area (Å²) >= 11 is 0. The zero-order valence-electron chi connectivity index (χ0n) is 17.5. The van der Waals surface area contributed by atoms with Crippen LogP contribution in [0.4, 0.5) is 11.6 Å². The van der Waals surface area contributed by atoms with Gasteiger partial charge in [-0.25, -0.2) is 9.97 Å². The molecule has 0 saturated carbocycles. The Kier molecular flexibility index (Phi) is 6.60. The molecule has 3 rings (SSSR count). The van der Waals surface area contributed by atoms with Gasteiger partial charge in [0.2, 0.25) is 5.95 Å². The number of para-hydroxylation sites is 1. The molecular formula is C24H28N4O. The second-order valence-corrected chi connectivity index (χ2v) is 7.29. The Labute approximate surface area is 173 Å². The highest BCUT2D eigenvalue weighted by molar-refractivity contribution is 5.93. The molecule has 0 spiro atoms. The summed E-state index contributed by atoms with van der Waals surface area (Å²) in [5.74, 6) is 0.463. The van der Waals surface area contributed by atoms with Crippen LogP contribution in [-0.2, 0) is 6.54 Å². The summed E-state index contributed by atoms with van der Waals surface area (Å²) in [7, 11) is 0. The summed E-state index contributed by atoms with van der Waals surface area (Å²) in [5.41, 5.74) is 3.30. The van der Waals surface area contributed by atoms with Crippen molar-refractivity contribution in [2.75, 3.05) is 11.4 Å². The van der Waals surface area contributed by atoms with Gasteiger partial charge >= 0.3 is 0 Å². The summed E-state index contributed by atoms with van der Waals surface area (Å²) in [5, 5.41) is 0. The number of carbonyl (C=O) groups is 1. The Morgan fingerprint density at radius 2 is 1.59 bits per heavy atom. The first kappa shape index (κ1) is 20.5. The normalized spacial score (nSPS) is 10.8. The molecule has 2 aromatic carbocycles. The van der Waals surface area contributed by atoms with Crippen LogP contribution in [0.15, 0.2) is 66.7 Å². The van der Waals surface area contributed by atoms with Crippen LogP contribution in [0.2, 0.25) is 0 Å². The molecule has 0 aliphatic carbocycles. The Balaban J connectivity index is 1.94. The van der Waals surface area contributed by atoms with Crippen molar-refractivity contribution in [1.82, 2.24) is 14.9 Å². The highest BCUT2D eigenvalue weighted by Gasteiger charge is 2.22. The van der Waals surface area contributed by atoms with Crippen LogP contribution >= 0.6 is 0 Å². The Hall–Kier alpha value is -3.21. The Morgan fingerprint density at radius 3 is 2.17 bits per heavy atom.